The van der Waals surface area contributed by atoms with E-state index in [0.717, 1.165) is 29.5 Å². The summed E-state index contributed by atoms with van der Waals surface area (Å²) in [4.78, 5) is 15.4. The Balaban J connectivity index is 1.44. The minimum Gasteiger partial charge on any atom is -0.324 e. The van der Waals surface area contributed by atoms with Gasteiger partial charge in [0.2, 0.25) is 5.95 Å². The molecule has 0 fully saturated rings. The number of nitriles is 1. The third-order valence-corrected chi connectivity index (χ3v) is 8.33. The van der Waals surface area contributed by atoms with Gasteiger partial charge in [-0.1, -0.05) is 6.07 Å². The van der Waals surface area contributed by atoms with Crippen molar-refractivity contribution in [2.75, 3.05) is 38.3 Å². The number of hydrogen-bond donors (Lipinski definition) is 2. The summed E-state index contributed by atoms with van der Waals surface area (Å²) in [7, 11) is 1.34. The summed E-state index contributed by atoms with van der Waals surface area (Å²) in [5, 5.41) is 15.7. The molecule has 0 bridgehead atoms. The number of benzene rings is 1. The normalized spacial score (nSPS) is 17.4. The standard InChI is InChI=1S/C25H28N8O2S/c1-32(2)36(34,35)22-9-5-8-21(29-22)30-24-19(12-26)13-27-25(31-24)28-20-10-16-6-4-7-17-14-33(3)15-18(11-20)23(16)17/h5,8-11,13,17H,4,6-7,14-15H2,1-3H3,(H2,27,28,29,30,31). The number of likely N-dealkylation sites (N-methyl/N-ethyl adjacent to an activating group) is 1. The van der Waals surface area contributed by atoms with Crippen molar-refractivity contribution in [1.82, 2.24) is 24.2 Å². The van der Waals surface area contributed by atoms with Crippen molar-refractivity contribution in [3.8, 4) is 6.07 Å². The molecule has 0 amide bonds. The monoisotopic (exact) mass is 504 g/mol. The van der Waals surface area contributed by atoms with E-state index in [4.69, 9.17) is 0 Å². The Morgan fingerprint density at radius 2 is 1.97 bits per heavy atom. The van der Waals surface area contributed by atoms with Crippen LogP contribution in [0, 0.1) is 11.3 Å². The molecule has 5 rings (SSSR count). The van der Waals surface area contributed by atoms with E-state index in [1.54, 1.807) is 12.1 Å². The van der Waals surface area contributed by atoms with Crippen LogP contribution < -0.4 is 10.6 Å². The second kappa shape index (κ2) is 9.46. The first kappa shape index (κ1) is 24.1. The molecule has 1 aromatic carbocycles. The van der Waals surface area contributed by atoms with E-state index in [1.165, 1.54) is 55.9 Å². The topological polar surface area (TPSA) is 127 Å². The van der Waals surface area contributed by atoms with Crippen molar-refractivity contribution in [2.45, 2.75) is 36.8 Å². The maximum atomic E-state index is 12.5. The molecule has 2 aromatic heterocycles. The van der Waals surface area contributed by atoms with Crippen LogP contribution in [-0.2, 0) is 23.0 Å². The van der Waals surface area contributed by atoms with Crippen LogP contribution in [0.15, 0.2) is 41.6 Å². The van der Waals surface area contributed by atoms with E-state index in [0.29, 0.717) is 11.9 Å². The Morgan fingerprint density at radius 1 is 1.17 bits per heavy atom. The Labute approximate surface area is 211 Å². The number of pyridine rings is 1. The van der Waals surface area contributed by atoms with Gasteiger partial charge in [-0.25, -0.2) is 22.7 Å². The number of rotatable bonds is 6. The van der Waals surface area contributed by atoms with Crippen LogP contribution in [0.25, 0.3) is 0 Å². The number of anilines is 4. The molecule has 1 atom stereocenters. The highest BCUT2D eigenvalue weighted by Crippen LogP contribution is 2.40. The van der Waals surface area contributed by atoms with E-state index >= 15 is 0 Å². The Bertz CT molecular complexity index is 1470. The average molecular weight is 505 g/mol. The Kier molecular flexibility index (Phi) is 6.34. The fourth-order valence-electron chi connectivity index (χ4n) is 5.00. The third kappa shape index (κ3) is 4.63. The summed E-state index contributed by atoms with van der Waals surface area (Å²) in [6, 6.07) is 11.0. The molecule has 1 unspecified atom stereocenters. The smallest absolute Gasteiger partial charge is 0.260 e. The molecule has 10 nitrogen and oxygen atoms in total. The van der Waals surface area contributed by atoms with Crippen LogP contribution in [0.2, 0.25) is 0 Å². The maximum absolute atomic E-state index is 12.5. The van der Waals surface area contributed by atoms with Gasteiger partial charge >= 0.3 is 0 Å². The lowest BCUT2D eigenvalue weighted by atomic mass is 9.77. The van der Waals surface area contributed by atoms with Gasteiger partial charge in [0.25, 0.3) is 10.0 Å². The summed E-state index contributed by atoms with van der Waals surface area (Å²) in [6.07, 6.45) is 4.92. The zero-order chi connectivity index (χ0) is 25.4. The highest BCUT2D eigenvalue weighted by atomic mass is 32.2. The summed E-state index contributed by atoms with van der Waals surface area (Å²) < 4.78 is 26.0. The number of nitrogens with one attached hydrogen (secondary N) is 2. The van der Waals surface area contributed by atoms with Gasteiger partial charge in [0.1, 0.15) is 17.5 Å². The van der Waals surface area contributed by atoms with Crippen molar-refractivity contribution in [2.24, 2.45) is 0 Å². The molecule has 3 heterocycles. The molecule has 2 aliphatic rings. The third-order valence-electron chi connectivity index (χ3n) is 6.61. The van der Waals surface area contributed by atoms with Crippen molar-refractivity contribution < 1.29 is 8.42 Å². The number of aryl methyl sites for hydroxylation is 1. The molecule has 36 heavy (non-hydrogen) atoms. The zero-order valence-corrected chi connectivity index (χ0v) is 21.3. The number of sulfonamides is 1. The quantitative estimate of drug-likeness (QED) is 0.519. The summed E-state index contributed by atoms with van der Waals surface area (Å²) in [6.45, 7) is 2.01. The van der Waals surface area contributed by atoms with Crippen LogP contribution in [0.5, 0.6) is 0 Å². The van der Waals surface area contributed by atoms with E-state index in [2.05, 4.69) is 55.7 Å². The van der Waals surface area contributed by atoms with Gasteiger partial charge in [0.05, 0.1) is 6.20 Å². The molecule has 0 radical (unpaired) electrons. The van der Waals surface area contributed by atoms with Crippen LogP contribution in [0.3, 0.4) is 0 Å². The maximum Gasteiger partial charge on any atom is 0.260 e. The first-order valence-corrected chi connectivity index (χ1v) is 13.2. The van der Waals surface area contributed by atoms with Gasteiger partial charge in [-0.3, -0.25) is 0 Å². The second-order valence-corrected chi connectivity index (χ2v) is 11.6. The summed E-state index contributed by atoms with van der Waals surface area (Å²) >= 11 is 0. The van der Waals surface area contributed by atoms with E-state index in [9.17, 15) is 13.7 Å². The van der Waals surface area contributed by atoms with Crippen LogP contribution in [0.4, 0.5) is 23.3 Å². The lowest BCUT2D eigenvalue weighted by Gasteiger charge is -2.37. The minimum atomic E-state index is -3.71. The number of aromatic nitrogens is 3. The number of hydrogen-bond acceptors (Lipinski definition) is 9. The van der Waals surface area contributed by atoms with Gasteiger partial charge in [-0.15, -0.1) is 0 Å². The average Bonchev–Trinajstić information content (AvgIpc) is 2.84. The van der Waals surface area contributed by atoms with Gasteiger partial charge < -0.3 is 15.5 Å². The van der Waals surface area contributed by atoms with E-state index < -0.39 is 10.0 Å². The summed E-state index contributed by atoms with van der Waals surface area (Å²) in [5.41, 5.74) is 5.35. The van der Waals surface area contributed by atoms with Crippen molar-refractivity contribution >= 4 is 33.3 Å². The summed E-state index contributed by atoms with van der Waals surface area (Å²) in [5.74, 6) is 1.42. The van der Waals surface area contributed by atoms with Crippen LogP contribution >= 0.6 is 0 Å². The molecule has 0 saturated carbocycles. The highest BCUT2D eigenvalue weighted by Gasteiger charge is 2.29. The van der Waals surface area contributed by atoms with Gasteiger partial charge in [-0.2, -0.15) is 10.2 Å². The molecule has 11 heteroatoms. The van der Waals surface area contributed by atoms with Crippen LogP contribution in [0.1, 0.15) is 41.0 Å². The fraction of sp³-hybridized carbons (Fsp3) is 0.360. The molecule has 3 aromatic rings. The highest BCUT2D eigenvalue weighted by molar-refractivity contribution is 7.89. The minimum absolute atomic E-state index is 0.102. The first-order valence-electron chi connectivity index (χ1n) is 11.8. The molecular formula is C25H28N8O2S. The zero-order valence-electron chi connectivity index (χ0n) is 20.5. The molecular weight excluding hydrogens is 476 g/mol. The molecule has 1 aliphatic carbocycles. The first-order chi connectivity index (χ1) is 17.2. The van der Waals surface area contributed by atoms with Crippen molar-refractivity contribution in [3.05, 3.63) is 58.8 Å². The lowest BCUT2D eigenvalue weighted by Crippen LogP contribution is -2.33. The predicted octanol–water partition coefficient (Wildman–Crippen LogP) is 3.35. The van der Waals surface area contributed by atoms with E-state index in [1.807, 2.05) is 0 Å². The molecule has 1 aliphatic heterocycles. The largest absolute Gasteiger partial charge is 0.324 e. The molecule has 186 valence electrons. The SMILES string of the molecule is CN1Cc2cc(Nc3ncc(C#N)c(Nc4cccc(S(=O)(=O)N(C)C)n4)n3)cc3c2C(CCC3)C1. The Hall–Kier alpha value is -3.59. The molecule has 0 saturated heterocycles. The van der Waals surface area contributed by atoms with Gasteiger partial charge in [0.15, 0.2) is 10.8 Å². The van der Waals surface area contributed by atoms with Crippen molar-refractivity contribution in [1.29, 1.82) is 5.26 Å². The molecule has 0 spiro atoms. The second-order valence-electron chi connectivity index (χ2n) is 9.46. The van der Waals surface area contributed by atoms with Gasteiger partial charge in [0, 0.05) is 32.9 Å². The Morgan fingerprint density at radius 3 is 2.75 bits per heavy atom. The molecule has 2 N–H and O–H groups in total. The lowest BCUT2D eigenvalue weighted by molar-refractivity contribution is 0.266. The van der Waals surface area contributed by atoms with Crippen LogP contribution in [-0.4, -0.2) is 60.3 Å². The van der Waals surface area contributed by atoms with Crippen molar-refractivity contribution in [3.63, 3.8) is 0 Å². The predicted molar refractivity (Wildman–Crippen MR) is 137 cm³/mol. The van der Waals surface area contributed by atoms with E-state index in [-0.39, 0.29) is 22.2 Å². The van der Waals surface area contributed by atoms with Gasteiger partial charge in [-0.05, 0) is 73.2 Å². The number of nitrogens with zero attached hydrogens (tertiary/aromatic N) is 6. The fourth-order valence-corrected chi connectivity index (χ4v) is 5.83.